The van der Waals surface area contributed by atoms with E-state index in [-0.39, 0.29) is 0 Å². The molecule has 0 atom stereocenters. The minimum Gasteiger partial charge on any atom is -0.384 e. The smallest absolute Gasteiger partial charge is 0.0603 e. The van der Waals surface area contributed by atoms with Crippen LogP contribution in [0.25, 0.3) is 0 Å². The summed E-state index contributed by atoms with van der Waals surface area (Å²) in [7, 11) is 0. The molecule has 0 spiro atoms. The molecule has 0 fully saturated rings. The number of hydrogen-bond acceptors (Lipinski definition) is 2. The summed E-state index contributed by atoms with van der Waals surface area (Å²) in [6, 6.07) is 13.4. The summed E-state index contributed by atoms with van der Waals surface area (Å²) in [5.74, 6) is 0.935. The van der Waals surface area contributed by atoms with Crippen LogP contribution in [-0.2, 0) is 0 Å². The van der Waals surface area contributed by atoms with Crippen LogP contribution in [0.5, 0.6) is 0 Å². The van der Waals surface area contributed by atoms with Gasteiger partial charge in [-0.2, -0.15) is 0 Å². The summed E-state index contributed by atoms with van der Waals surface area (Å²) in [4.78, 5) is 1.11. The molecule has 1 nitrogen and oxygen atoms in total. The van der Waals surface area contributed by atoms with E-state index in [2.05, 4.69) is 5.32 Å². The largest absolute Gasteiger partial charge is 0.384 e. The first kappa shape index (κ1) is 14.9. The minimum absolute atomic E-state index is 0.586. The number of hydrogen-bond donors (Lipinski definition) is 1. The lowest BCUT2D eigenvalue weighted by atomic mass is 10.3. The van der Waals surface area contributed by atoms with Crippen LogP contribution in [0.1, 0.15) is 0 Å². The minimum atomic E-state index is 0.586. The van der Waals surface area contributed by atoms with Crippen molar-refractivity contribution < 1.29 is 0 Å². The summed E-state index contributed by atoms with van der Waals surface area (Å²) in [5, 5.41) is 5.23. The number of thioether (sulfide) groups is 1. The molecule has 0 aliphatic carbocycles. The molecule has 100 valence electrons. The fourth-order valence-corrected chi connectivity index (χ4v) is 2.89. The van der Waals surface area contributed by atoms with Crippen molar-refractivity contribution in [1.29, 1.82) is 0 Å². The third-order valence-corrected chi connectivity index (χ3v) is 4.39. The second-order valence-electron chi connectivity index (χ2n) is 3.86. The van der Waals surface area contributed by atoms with Crippen molar-refractivity contribution in [3.63, 3.8) is 0 Å². The molecule has 5 heteroatoms. The molecular weight excluding hydrogens is 321 g/mol. The van der Waals surface area contributed by atoms with E-state index in [9.17, 15) is 0 Å². The van der Waals surface area contributed by atoms with Crippen LogP contribution in [-0.4, -0.2) is 12.3 Å². The molecule has 19 heavy (non-hydrogen) atoms. The Hall–Kier alpha value is -0.540. The molecule has 0 radical (unpaired) electrons. The Bertz CT molecular complexity index is 560. The number of benzene rings is 2. The highest BCUT2D eigenvalue weighted by Crippen LogP contribution is 2.27. The lowest BCUT2D eigenvalue weighted by Gasteiger charge is -2.07. The maximum atomic E-state index is 5.96. The predicted molar refractivity (Wildman–Crippen MR) is 87.1 cm³/mol. The van der Waals surface area contributed by atoms with Gasteiger partial charge in [-0.3, -0.25) is 0 Å². The average molecular weight is 333 g/mol. The highest BCUT2D eigenvalue weighted by molar-refractivity contribution is 7.99. The third kappa shape index (κ3) is 4.81. The van der Waals surface area contributed by atoms with Gasteiger partial charge in [0.05, 0.1) is 10.0 Å². The normalized spacial score (nSPS) is 10.5. The van der Waals surface area contributed by atoms with Gasteiger partial charge >= 0.3 is 0 Å². The maximum Gasteiger partial charge on any atom is 0.0603 e. The molecule has 0 bridgehead atoms. The molecule has 0 saturated heterocycles. The van der Waals surface area contributed by atoms with Crippen molar-refractivity contribution in [2.45, 2.75) is 4.90 Å². The van der Waals surface area contributed by atoms with Crippen molar-refractivity contribution in [2.75, 3.05) is 17.6 Å². The van der Waals surface area contributed by atoms with E-state index < -0.39 is 0 Å². The van der Waals surface area contributed by atoms with Crippen molar-refractivity contribution in [2.24, 2.45) is 0 Å². The van der Waals surface area contributed by atoms with Gasteiger partial charge in [0.2, 0.25) is 0 Å². The summed E-state index contributed by atoms with van der Waals surface area (Å²) in [6.45, 7) is 0.852. The van der Waals surface area contributed by atoms with Crippen molar-refractivity contribution in [3.8, 4) is 0 Å². The first-order valence-corrected chi connectivity index (χ1v) is 7.84. The molecule has 0 aromatic heterocycles. The van der Waals surface area contributed by atoms with Gasteiger partial charge in [0.1, 0.15) is 0 Å². The quantitative estimate of drug-likeness (QED) is 0.544. The Morgan fingerprint density at radius 1 is 0.947 bits per heavy atom. The Labute approximate surface area is 132 Å². The fourth-order valence-electron chi connectivity index (χ4n) is 1.53. The van der Waals surface area contributed by atoms with E-state index in [1.54, 1.807) is 11.8 Å². The Morgan fingerprint density at radius 3 is 2.53 bits per heavy atom. The van der Waals surface area contributed by atoms with Crippen molar-refractivity contribution >= 4 is 52.3 Å². The average Bonchev–Trinajstić information content (AvgIpc) is 2.39. The van der Waals surface area contributed by atoms with E-state index in [0.29, 0.717) is 10.0 Å². The zero-order valence-electron chi connectivity index (χ0n) is 10.00. The van der Waals surface area contributed by atoms with E-state index in [1.807, 2.05) is 42.5 Å². The standard InChI is InChI=1S/C14H12Cl3NS/c15-10-2-1-3-11(8-10)18-6-7-19-12-4-5-13(16)14(17)9-12/h1-5,8-9,18H,6-7H2. The Kier molecular flexibility index (Phi) is 5.71. The molecular formula is C14H12Cl3NS. The SMILES string of the molecule is Clc1cccc(NCCSc2ccc(Cl)c(Cl)c2)c1. The second kappa shape index (κ2) is 7.30. The van der Waals surface area contributed by atoms with Crippen LogP contribution < -0.4 is 5.32 Å². The molecule has 0 amide bonds. The lowest BCUT2D eigenvalue weighted by Crippen LogP contribution is -2.03. The topological polar surface area (TPSA) is 12.0 Å². The van der Waals surface area contributed by atoms with Crippen LogP contribution in [0.15, 0.2) is 47.4 Å². The summed E-state index contributed by atoms with van der Waals surface area (Å²) in [5.41, 5.74) is 1.03. The molecule has 0 aliphatic heterocycles. The van der Waals surface area contributed by atoms with Gasteiger partial charge in [0.25, 0.3) is 0 Å². The lowest BCUT2D eigenvalue weighted by molar-refractivity contribution is 1.22. The number of nitrogens with one attached hydrogen (secondary N) is 1. The summed E-state index contributed by atoms with van der Waals surface area (Å²) < 4.78 is 0. The molecule has 0 saturated carbocycles. The van der Waals surface area contributed by atoms with Crippen LogP contribution in [0.3, 0.4) is 0 Å². The summed E-state index contributed by atoms with van der Waals surface area (Å²) >= 11 is 19.5. The van der Waals surface area contributed by atoms with Crippen molar-refractivity contribution in [1.82, 2.24) is 0 Å². The zero-order chi connectivity index (χ0) is 13.7. The number of rotatable bonds is 5. The second-order valence-corrected chi connectivity index (χ2v) is 6.28. The first-order valence-electron chi connectivity index (χ1n) is 5.72. The Balaban J connectivity index is 1.79. The van der Waals surface area contributed by atoms with Gasteiger partial charge in [0.15, 0.2) is 0 Å². The monoisotopic (exact) mass is 331 g/mol. The van der Waals surface area contributed by atoms with Gasteiger partial charge in [-0.05, 0) is 36.4 Å². The maximum absolute atomic E-state index is 5.96. The van der Waals surface area contributed by atoms with Gasteiger partial charge in [-0.1, -0.05) is 40.9 Å². The van der Waals surface area contributed by atoms with Crippen LogP contribution in [0.4, 0.5) is 5.69 Å². The third-order valence-electron chi connectivity index (χ3n) is 2.42. The molecule has 0 heterocycles. The van der Waals surface area contributed by atoms with Crippen LogP contribution in [0, 0.1) is 0 Å². The summed E-state index contributed by atoms with van der Waals surface area (Å²) in [6.07, 6.45) is 0. The van der Waals surface area contributed by atoms with Crippen LogP contribution >= 0.6 is 46.6 Å². The number of anilines is 1. The molecule has 2 rings (SSSR count). The van der Waals surface area contributed by atoms with Crippen molar-refractivity contribution in [3.05, 3.63) is 57.5 Å². The highest BCUT2D eigenvalue weighted by Gasteiger charge is 2.00. The van der Waals surface area contributed by atoms with Crippen LogP contribution in [0.2, 0.25) is 15.1 Å². The van der Waals surface area contributed by atoms with E-state index in [4.69, 9.17) is 34.8 Å². The first-order chi connectivity index (χ1) is 9.15. The highest BCUT2D eigenvalue weighted by atomic mass is 35.5. The van der Waals surface area contributed by atoms with Gasteiger partial charge < -0.3 is 5.32 Å². The van der Waals surface area contributed by atoms with E-state index in [1.165, 1.54) is 0 Å². The molecule has 2 aromatic carbocycles. The number of halogens is 3. The van der Waals surface area contributed by atoms with Gasteiger partial charge in [-0.15, -0.1) is 11.8 Å². The molecule has 0 aliphatic rings. The van der Waals surface area contributed by atoms with E-state index in [0.717, 1.165) is 27.9 Å². The Morgan fingerprint density at radius 2 is 1.79 bits per heavy atom. The molecule has 0 unspecified atom stereocenters. The predicted octanol–water partition coefficient (Wildman–Crippen LogP) is 5.85. The molecule has 1 N–H and O–H groups in total. The van der Waals surface area contributed by atoms with Gasteiger partial charge in [0, 0.05) is 27.9 Å². The van der Waals surface area contributed by atoms with E-state index >= 15 is 0 Å². The molecule has 2 aromatic rings. The van der Waals surface area contributed by atoms with Gasteiger partial charge in [-0.25, -0.2) is 0 Å². The zero-order valence-corrected chi connectivity index (χ0v) is 13.1. The fraction of sp³-hybridized carbons (Fsp3) is 0.143.